The van der Waals surface area contributed by atoms with Gasteiger partial charge in [0.1, 0.15) is 5.52 Å². The Morgan fingerprint density at radius 3 is 1.85 bits per heavy atom. The first kappa shape index (κ1) is 29.9. The number of para-hydroxylation sites is 2. The van der Waals surface area contributed by atoms with Gasteiger partial charge in [-0.25, -0.2) is 19.9 Å². The van der Waals surface area contributed by atoms with Gasteiger partial charge in [0.25, 0.3) is 0 Å². The van der Waals surface area contributed by atoms with Crippen molar-refractivity contribution in [2.45, 2.75) is 12.8 Å². The normalized spacial score (nSPS) is 13.1. The highest BCUT2D eigenvalue weighted by Crippen LogP contribution is 2.37. The maximum absolute atomic E-state index is 6.39. The Balaban J connectivity index is 1.01. The van der Waals surface area contributed by atoms with Crippen LogP contribution in [-0.2, 0) is 0 Å². The highest BCUT2D eigenvalue weighted by molar-refractivity contribution is 6.10. The Morgan fingerprint density at radius 2 is 1.12 bits per heavy atom. The number of allylic oxidation sites excluding steroid dienone is 4. The number of hydrogen-bond acceptors (Lipinski definition) is 5. The van der Waals surface area contributed by atoms with E-state index >= 15 is 0 Å². The highest BCUT2D eigenvalue weighted by atomic mass is 16.3. The summed E-state index contributed by atoms with van der Waals surface area (Å²) in [6.07, 6.45) is 6.31. The Kier molecular flexibility index (Phi) is 7.17. The van der Waals surface area contributed by atoms with Crippen LogP contribution in [0.25, 0.3) is 83.9 Å². The van der Waals surface area contributed by atoms with Gasteiger partial charge in [-0.2, -0.15) is 0 Å². The Bertz CT molecular complexity index is 2770. The van der Waals surface area contributed by atoms with E-state index in [4.69, 9.17) is 24.4 Å². The van der Waals surface area contributed by atoms with Crippen LogP contribution in [0.15, 0.2) is 168 Å². The van der Waals surface area contributed by atoms with Crippen molar-refractivity contribution in [3.05, 3.63) is 175 Å². The van der Waals surface area contributed by atoms with Gasteiger partial charge in [-0.15, -0.1) is 0 Å². The first-order valence-electron chi connectivity index (χ1n) is 17.5. The van der Waals surface area contributed by atoms with Crippen molar-refractivity contribution >= 4 is 44.1 Å². The summed E-state index contributed by atoms with van der Waals surface area (Å²) in [7, 11) is 0. The first-order chi connectivity index (χ1) is 25.7. The maximum Gasteiger partial charge on any atom is 0.223 e. The lowest BCUT2D eigenvalue weighted by Gasteiger charge is -2.13. The smallest absolute Gasteiger partial charge is 0.223 e. The van der Waals surface area contributed by atoms with Crippen molar-refractivity contribution in [3.8, 4) is 39.9 Å². The maximum atomic E-state index is 6.39. The summed E-state index contributed by atoms with van der Waals surface area (Å²) in [6, 6.07) is 52.0. The third-order valence-electron chi connectivity index (χ3n) is 9.75. The minimum absolute atomic E-state index is 0.588. The molecule has 9 aromatic rings. The summed E-state index contributed by atoms with van der Waals surface area (Å²) in [6.45, 7) is 0. The van der Waals surface area contributed by atoms with E-state index in [0.29, 0.717) is 23.4 Å². The molecule has 3 aromatic heterocycles. The topological polar surface area (TPSA) is 69.6 Å². The molecule has 6 aromatic carbocycles. The van der Waals surface area contributed by atoms with Gasteiger partial charge in [-0.1, -0.05) is 109 Å². The summed E-state index contributed by atoms with van der Waals surface area (Å²) in [5.41, 5.74) is 11.2. The predicted molar refractivity (Wildman–Crippen MR) is 210 cm³/mol. The number of oxazole rings is 1. The third kappa shape index (κ3) is 5.29. The molecule has 0 aliphatic heterocycles. The van der Waals surface area contributed by atoms with Gasteiger partial charge < -0.3 is 8.98 Å². The molecular formula is C46H31N5O. The van der Waals surface area contributed by atoms with Crippen molar-refractivity contribution in [2.24, 2.45) is 0 Å². The summed E-state index contributed by atoms with van der Waals surface area (Å²) < 4.78 is 8.73. The number of benzene rings is 6. The molecule has 6 nitrogen and oxygen atoms in total. The summed E-state index contributed by atoms with van der Waals surface area (Å²) in [4.78, 5) is 19.6. The quantitative estimate of drug-likeness (QED) is 0.176. The van der Waals surface area contributed by atoms with Crippen molar-refractivity contribution in [2.75, 3.05) is 0 Å². The van der Waals surface area contributed by atoms with E-state index in [0.717, 1.165) is 51.9 Å². The fourth-order valence-electron chi connectivity index (χ4n) is 7.22. The second-order valence-corrected chi connectivity index (χ2v) is 13.0. The largest absolute Gasteiger partial charge is 0.436 e. The SMILES string of the molecule is C1=C(c2ccc3c(c2)c2ccccc2n3-c2ccccc2)C=C(c2nc3cc(-c4nc(-c5ccccc5)nc(-c5ccccc5)n4)ccc3o2)CC1. The van der Waals surface area contributed by atoms with Crippen LogP contribution in [0.3, 0.4) is 0 Å². The molecule has 1 aliphatic carbocycles. The lowest BCUT2D eigenvalue weighted by molar-refractivity contribution is 0.580. The monoisotopic (exact) mass is 669 g/mol. The summed E-state index contributed by atoms with van der Waals surface area (Å²) >= 11 is 0. The van der Waals surface area contributed by atoms with E-state index in [-0.39, 0.29) is 0 Å². The van der Waals surface area contributed by atoms with Crippen LogP contribution in [0, 0.1) is 0 Å². The van der Waals surface area contributed by atoms with E-state index in [9.17, 15) is 0 Å². The molecule has 246 valence electrons. The van der Waals surface area contributed by atoms with Gasteiger partial charge in [0.15, 0.2) is 23.1 Å². The lowest BCUT2D eigenvalue weighted by atomic mass is 9.93. The molecule has 10 rings (SSSR count). The molecule has 0 fully saturated rings. The zero-order chi connectivity index (χ0) is 34.4. The molecular weight excluding hydrogens is 639 g/mol. The van der Waals surface area contributed by atoms with E-state index in [2.05, 4.69) is 89.5 Å². The first-order valence-corrected chi connectivity index (χ1v) is 17.5. The molecule has 3 heterocycles. The van der Waals surface area contributed by atoms with Crippen LogP contribution < -0.4 is 0 Å². The molecule has 0 atom stereocenters. The minimum atomic E-state index is 0.588. The number of nitrogens with zero attached hydrogens (tertiary/aromatic N) is 5. The number of aromatic nitrogens is 5. The van der Waals surface area contributed by atoms with Crippen molar-refractivity contribution < 1.29 is 4.42 Å². The molecule has 0 bridgehead atoms. The zero-order valence-electron chi connectivity index (χ0n) is 28.1. The molecule has 0 unspecified atom stereocenters. The Hall–Kier alpha value is -6.92. The van der Waals surface area contributed by atoms with Gasteiger partial charge in [-0.3, -0.25) is 0 Å². The molecule has 0 radical (unpaired) electrons. The van der Waals surface area contributed by atoms with Crippen LogP contribution >= 0.6 is 0 Å². The molecule has 52 heavy (non-hydrogen) atoms. The number of fused-ring (bicyclic) bond motifs is 4. The van der Waals surface area contributed by atoms with Crippen LogP contribution in [0.1, 0.15) is 24.3 Å². The molecule has 6 heteroatoms. The van der Waals surface area contributed by atoms with Crippen LogP contribution in [0.2, 0.25) is 0 Å². The van der Waals surface area contributed by atoms with E-state index in [1.807, 2.05) is 78.9 Å². The van der Waals surface area contributed by atoms with Crippen LogP contribution in [-0.4, -0.2) is 24.5 Å². The Labute approximate surface area is 300 Å². The average Bonchev–Trinajstić information content (AvgIpc) is 3.81. The summed E-state index contributed by atoms with van der Waals surface area (Å²) in [5, 5.41) is 2.47. The number of hydrogen-bond donors (Lipinski definition) is 0. The second-order valence-electron chi connectivity index (χ2n) is 13.0. The van der Waals surface area contributed by atoms with Crippen LogP contribution in [0.5, 0.6) is 0 Å². The molecule has 0 N–H and O–H groups in total. The average molecular weight is 670 g/mol. The standard InChI is InChI=1S/C46H31N5O/c1-4-13-30(14-5-1)43-48-44(31-15-6-2-7-16-31)50-45(49-43)34-24-26-42-39(29-34)47-46(52-42)35-18-12-17-32(27-35)33-23-25-41-38(28-33)37-21-10-11-22-40(37)51(41)36-19-8-3-9-20-36/h1-11,13-17,19-29H,12,18H2. The fourth-order valence-corrected chi connectivity index (χ4v) is 7.22. The minimum Gasteiger partial charge on any atom is -0.436 e. The zero-order valence-corrected chi connectivity index (χ0v) is 28.1. The van der Waals surface area contributed by atoms with Gasteiger partial charge >= 0.3 is 0 Å². The van der Waals surface area contributed by atoms with Gasteiger partial charge in [-0.05, 0) is 78.6 Å². The molecule has 1 aliphatic rings. The third-order valence-corrected chi connectivity index (χ3v) is 9.75. The van der Waals surface area contributed by atoms with Crippen molar-refractivity contribution in [1.29, 1.82) is 0 Å². The predicted octanol–water partition coefficient (Wildman–Crippen LogP) is 11.4. The molecule has 0 saturated carbocycles. The fraction of sp³-hybridized carbons (Fsp3) is 0.0435. The highest BCUT2D eigenvalue weighted by Gasteiger charge is 2.19. The van der Waals surface area contributed by atoms with Crippen molar-refractivity contribution in [3.63, 3.8) is 0 Å². The van der Waals surface area contributed by atoms with E-state index < -0.39 is 0 Å². The number of rotatable bonds is 6. The van der Waals surface area contributed by atoms with E-state index in [1.54, 1.807) is 0 Å². The molecule has 0 saturated heterocycles. The molecule has 0 amide bonds. The van der Waals surface area contributed by atoms with E-state index in [1.165, 1.54) is 32.9 Å². The summed E-state index contributed by atoms with van der Waals surface area (Å²) in [5.74, 6) is 2.48. The van der Waals surface area contributed by atoms with Gasteiger partial charge in [0.05, 0.1) is 11.0 Å². The van der Waals surface area contributed by atoms with Crippen LogP contribution in [0.4, 0.5) is 0 Å². The van der Waals surface area contributed by atoms with Gasteiger partial charge in [0, 0.05) is 38.7 Å². The van der Waals surface area contributed by atoms with Crippen molar-refractivity contribution in [1.82, 2.24) is 24.5 Å². The second kappa shape index (κ2) is 12.4. The Morgan fingerprint density at radius 1 is 0.500 bits per heavy atom. The lowest BCUT2D eigenvalue weighted by Crippen LogP contribution is -2.00. The van der Waals surface area contributed by atoms with Gasteiger partial charge in [0.2, 0.25) is 5.89 Å². The molecule has 0 spiro atoms.